The van der Waals surface area contributed by atoms with Gasteiger partial charge in [0.15, 0.2) is 0 Å². The molecule has 0 radical (unpaired) electrons. The molecule has 4 nitrogen and oxygen atoms in total. The molecule has 0 spiro atoms. The van der Waals surface area contributed by atoms with Crippen molar-refractivity contribution in [2.24, 2.45) is 5.92 Å². The summed E-state index contributed by atoms with van der Waals surface area (Å²) in [6, 6.07) is 11.0. The zero-order valence-electron chi connectivity index (χ0n) is 15.6. The van der Waals surface area contributed by atoms with E-state index in [2.05, 4.69) is 16.3 Å². The molecule has 0 saturated carbocycles. The Morgan fingerprint density at radius 2 is 1.86 bits per heavy atom. The first kappa shape index (κ1) is 23.1. The van der Waals surface area contributed by atoms with Gasteiger partial charge >= 0.3 is 0 Å². The molecule has 1 N–H and O–H groups in total. The lowest BCUT2D eigenvalue weighted by Crippen LogP contribution is -2.50. The van der Waals surface area contributed by atoms with Crippen molar-refractivity contribution < 1.29 is 9.18 Å². The average Bonchev–Trinajstić information content (AvgIpc) is 3.34. The second-order valence-electron chi connectivity index (χ2n) is 7.04. The van der Waals surface area contributed by atoms with E-state index in [4.69, 9.17) is 0 Å². The molecule has 1 unspecified atom stereocenters. The predicted octanol–water partition coefficient (Wildman–Crippen LogP) is 3.65. The highest BCUT2D eigenvalue weighted by molar-refractivity contribution is 7.15. The molecule has 8 heteroatoms. The van der Waals surface area contributed by atoms with Crippen LogP contribution in [0.3, 0.4) is 0 Å². The first-order valence-corrected chi connectivity index (χ1v) is 10.1. The van der Waals surface area contributed by atoms with Crippen LogP contribution in [0.4, 0.5) is 4.39 Å². The number of amides is 1. The van der Waals surface area contributed by atoms with E-state index >= 15 is 0 Å². The number of benzene rings is 1. The minimum absolute atomic E-state index is 0. The summed E-state index contributed by atoms with van der Waals surface area (Å²) < 4.78 is 13.9. The number of carbonyl (C=O) groups excluding carboxylic acids is 1. The number of carbonyl (C=O) groups is 1. The van der Waals surface area contributed by atoms with Crippen LogP contribution >= 0.6 is 36.2 Å². The van der Waals surface area contributed by atoms with Gasteiger partial charge in [0.2, 0.25) is 5.91 Å². The van der Waals surface area contributed by atoms with Crippen LogP contribution in [0.25, 0.3) is 10.4 Å². The van der Waals surface area contributed by atoms with Crippen LogP contribution in [0.5, 0.6) is 0 Å². The van der Waals surface area contributed by atoms with E-state index < -0.39 is 0 Å². The van der Waals surface area contributed by atoms with Crippen LogP contribution in [0.15, 0.2) is 36.4 Å². The van der Waals surface area contributed by atoms with Crippen molar-refractivity contribution >= 4 is 42.1 Å². The molecule has 1 aromatic carbocycles. The highest BCUT2D eigenvalue weighted by Crippen LogP contribution is 2.30. The normalized spacial score (nSPS) is 19.8. The SMILES string of the molecule is Cl.Cl.O=C(C1CCNC1)N1CCN(Cc2ccc(-c3ccccc3F)s2)CC1. The molecule has 1 atom stereocenters. The van der Waals surface area contributed by atoms with Gasteiger partial charge in [-0.2, -0.15) is 0 Å². The van der Waals surface area contributed by atoms with Crippen LogP contribution in [-0.2, 0) is 11.3 Å². The Bertz CT molecular complexity index is 774. The molecular formula is C20H26Cl2FN3OS. The van der Waals surface area contributed by atoms with Crippen LogP contribution in [-0.4, -0.2) is 55.0 Å². The third-order valence-corrected chi connectivity index (χ3v) is 6.38. The fourth-order valence-corrected chi connectivity index (χ4v) is 4.82. The van der Waals surface area contributed by atoms with Gasteiger partial charge in [0, 0.05) is 54.6 Å². The molecule has 1 aromatic heterocycles. The summed E-state index contributed by atoms with van der Waals surface area (Å²) in [5, 5.41) is 3.27. The lowest BCUT2D eigenvalue weighted by Gasteiger charge is -2.35. The van der Waals surface area contributed by atoms with Crippen molar-refractivity contribution in [3.05, 3.63) is 47.1 Å². The first-order valence-electron chi connectivity index (χ1n) is 9.26. The molecule has 2 aliphatic rings. The van der Waals surface area contributed by atoms with E-state index in [0.29, 0.717) is 11.5 Å². The fraction of sp³-hybridized carbons (Fsp3) is 0.450. The van der Waals surface area contributed by atoms with Crippen LogP contribution in [0.1, 0.15) is 11.3 Å². The maximum atomic E-state index is 13.9. The van der Waals surface area contributed by atoms with E-state index in [9.17, 15) is 9.18 Å². The highest BCUT2D eigenvalue weighted by atomic mass is 35.5. The topological polar surface area (TPSA) is 35.6 Å². The third kappa shape index (κ3) is 5.24. The van der Waals surface area contributed by atoms with E-state index in [1.54, 1.807) is 17.4 Å². The Morgan fingerprint density at radius 3 is 2.54 bits per heavy atom. The van der Waals surface area contributed by atoms with Crippen LogP contribution in [0.2, 0.25) is 0 Å². The Labute approximate surface area is 181 Å². The van der Waals surface area contributed by atoms with Gasteiger partial charge in [-0.05, 0) is 31.2 Å². The summed E-state index contributed by atoms with van der Waals surface area (Å²) in [6.45, 7) is 6.07. The van der Waals surface area contributed by atoms with Gasteiger partial charge in [-0.3, -0.25) is 9.69 Å². The second kappa shape index (κ2) is 10.6. The molecule has 0 aliphatic carbocycles. The number of hydrogen-bond donors (Lipinski definition) is 1. The number of hydrogen-bond acceptors (Lipinski definition) is 4. The van der Waals surface area contributed by atoms with Gasteiger partial charge in [-0.15, -0.1) is 36.2 Å². The van der Waals surface area contributed by atoms with E-state index in [1.165, 1.54) is 10.9 Å². The summed E-state index contributed by atoms with van der Waals surface area (Å²) in [5.74, 6) is 0.309. The zero-order valence-corrected chi connectivity index (χ0v) is 18.1. The van der Waals surface area contributed by atoms with Crippen LogP contribution < -0.4 is 5.32 Å². The summed E-state index contributed by atoms with van der Waals surface area (Å²) in [5.41, 5.74) is 0.671. The number of nitrogens with one attached hydrogen (secondary N) is 1. The van der Waals surface area contributed by atoms with Gasteiger partial charge < -0.3 is 10.2 Å². The number of thiophene rings is 1. The van der Waals surface area contributed by atoms with Crippen molar-refractivity contribution in [2.45, 2.75) is 13.0 Å². The molecule has 28 heavy (non-hydrogen) atoms. The van der Waals surface area contributed by atoms with Gasteiger partial charge in [-0.1, -0.05) is 18.2 Å². The van der Waals surface area contributed by atoms with E-state index in [1.807, 2.05) is 23.1 Å². The van der Waals surface area contributed by atoms with Gasteiger partial charge in [-0.25, -0.2) is 4.39 Å². The maximum Gasteiger partial charge on any atom is 0.227 e. The lowest BCUT2D eigenvalue weighted by atomic mass is 10.1. The van der Waals surface area contributed by atoms with Crippen molar-refractivity contribution in [1.29, 1.82) is 0 Å². The smallest absolute Gasteiger partial charge is 0.227 e. The predicted molar refractivity (Wildman–Crippen MR) is 117 cm³/mol. The summed E-state index contributed by atoms with van der Waals surface area (Å²) in [6.07, 6.45) is 0.965. The summed E-state index contributed by atoms with van der Waals surface area (Å²) in [4.78, 5) is 19.1. The number of piperazine rings is 1. The summed E-state index contributed by atoms with van der Waals surface area (Å²) in [7, 11) is 0. The van der Waals surface area contributed by atoms with Crippen molar-refractivity contribution in [1.82, 2.24) is 15.1 Å². The van der Waals surface area contributed by atoms with Gasteiger partial charge in [0.1, 0.15) is 5.82 Å². The molecule has 2 saturated heterocycles. The monoisotopic (exact) mass is 445 g/mol. The molecule has 2 aromatic rings. The Morgan fingerprint density at radius 1 is 1.11 bits per heavy atom. The third-order valence-electron chi connectivity index (χ3n) is 5.27. The maximum absolute atomic E-state index is 13.9. The van der Waals surface area contributed by atoms with Crippen LogP contribution in [0, 0.1) is 11.7 Å². The average molecular weight is 446 g/mol. The minimum atomic E-state index is -0.172. The Balaban J connectivity index is 0.00000140. The Kier molecular flexibility index (Phi) is 8.71. The largest absolute Gasteiger partial charge is 0.340 e. The first-order chi connectivity index (χ1) is 12.7. The van der Waals surface area contributed by atoms with Gasteiger partial charge in [0.25, 0.3) is 0 Å². The number of rotatable bonds is 4. The standard InChI is InChI=1S/C20H24FN3OS.2ClH/c21-18-4-2-1-3-17(18)19-6-5-16(26-19)14-23-9-11-24(12-10-23)20(25)15-7-8-22-13-15;;/h1-6,15,22H,7-14H2;2*1H. The fourth-order valence-electron chi connectivity index (χ4n) is 3.74. The van der Waals surface area contributed by atoms with E-state index in [0.717, 1.165) is 57.1 Å². The second-order valence-corrected chi connectivity index (χ2v) is 8.21. The number of halogens is 3. The highest BCUT2D eigenvalue weighted by Gasteiger charge is 2.29. The lowest BCUT2D eigenvalue weighted by molar-refractivity contribution is -0.136. The molecule has 0 bridgehead atoms. The van der Waals surface area contributed by atoms with E-state index in [-0.39, 0.29) is 36.5 Å². The van der Waals surface area contributed by atoms with Crippen molar-refractivity contribution in [2.75, 3.05) is 39.3 Å². The van der Waals surface area contributed by atoms with Crippen molar-refractivity contribution in [3.63, 3.8) is 0 Å². The molecule has 4 rings (SSSR count). The molecule has 1 amide bonds. The van der Waals surface area contributed by atoms with Gasteiger partial charge in [0.05, 0.1) is 5.92 Å². The molecule has 2 aliphatic heterocycles. The molecular weight excluding hydrogens is 420 g/mol. The summed E-state index contributed by atoms with van der Waals surface area (Å²) >= 11 is 1.65. The number of nitrogens with zero attached hydrogens (tertiary/aromatic N) is 2. The van der Waals surface area contributed by atoms with Crippen molar-refractivity contribution in [3.8, 4) is 10.4 Å². The molecule has 3 heterocycles. The zero-order chi connectivity index (χ0) is 17.9. The minimum Gasteiger partial charge on any atom is -0.340 e. The quantitative estimate of drug-likeness (QED) is 0.779. The Hall–Kier alpha value is -1.18. The molecule has 154 valence electrons. The molecule has 2 fully saturated rings.